The highest BCUT2D eigenvalue weighted by Crippen LogP contribution is 2.28. The van der Waals surface area contributed by atoms with E-state index in [9.17, 15) is 9.90 Å². The Kier molecular flexibility index (Phi) is 4.18. The minimum absolute atomic E-state index is 0.122. The zero-order chi connectivity index (χ0) is 15.6. The molecule has 0 spiro atoms. The van der Waals surface area contributed by atoms with E-state index in [-0.39, 0.29) is 18.2 Å². The first-order valence-corrected chi connectivity index (χ1v) is 7.67. The fourth-order valence-corrected chi connectivity index (χ4v) is 2.90. The molecule has 0 aliphatic heterocycles. The van der Waals surface area contributed by atoms with Crippen LogP contribution in [0, 0.1) is 0 Å². The van der Waals surface area contributed by atoms with Crippen molar-refractivity contribution in [3.05, 3.63) is 41.1 Å². The number of rotatable bonds is 4. The highest BCUT2D eigenvalue weighted by atomic mass is 35.5. The van der Waals surface area contributed by atoms with Gasteiger partial charge in [0.05, 0.1) is 5.60 Å². The molecule has 3 rings (SSSR count). The molecule has 6 heteroatoms. The van der Waals surface area contributed by atoms with Gasteiger partial charge in [-0.05, 0) is 25.0 Å². The van der Waals surface area contributed by atoms with Crippen molar-refractivity contribution in [2.75, 3.05) is 6.54 Å². The number of aromatic nitrogens is 1. The molecule has 1 aliphatic carbocycles. The second-order valence-corrected chi connectivity index (χ2v) is 6.14. The first-order valence-electron chi connectivity index (χ1n) is 7.29. The van der Waals surface area contributed by atoms with Gasteiger partial charge in [0.25, 0.3) is 5.91 Å². The van der Waals surface area contributed by atoms with Crippen LogP contribution < -0.4 is 5.32 Å². The molecule has 0 radical (unpaired) electrons. The zero-order valence-corrected chi connectivity index (χ0v) is 12.8. The Bertz CT molecular complexity index is 678. The van der Waals surface area contributed by atoms with Gasteiger partial charge in [-0.25, -0.2) is 0 Å². The number of nitrogens with one attached hydrogen (secondary N) is 1. The first kappa shape index (κ1) is 15.1. The molecular formula is C16H17ClN2O3. The normalized spacial score (nSPS) is 16.6. The fraction of sp³-hybridized carbons (Fsp3) is 0.375. The first-order chi connectivity index (χ1) is 10.6. The van der Waals surface area contributed by atoms with Crippen LogP contribution >= 0.6 is 11.6 Å². The van der Waals surface area contributed by atoms with Gasteiger partial charge in [-0.1, -0.05) is 41.7 Å². The van der Waals surface area contributed by atoms with Crippen molar-refractivity contribution in [2.24, 2.45) is 0 Å². The van der Waals surface area contributed by atoms with Crippen LogP contribution in [0.25, 0.3) is 11.3 Å². The largest absolute Gasteiger partial charge is 0.388 e. The van der Waals surface area contributed by atoms with Crippen molar-refractivity contribution in [1.82, 2.24) is 10.5 Å². The third kappa shape index (κ3) is 3.31. The molecule has 1 aliphatic rings. The predicted octanol–water partition coefficient (Wildman–Crippen LogP) is 3.03. The molecule has 2 N–H and O–H groups in total. The molecule has 2 aromatic rings. The molecule has 22 heavy (non-hydrogen) atoms. The van der Waals surface area contributed by atoms with E-state index in [0.717, 1.165) is 31.2 Å². The summed E-state index contributed by atoms with van der Waals surface area (Å²) in [5.74, 6) is -0.252. The van der Waals surface area contributed by atoms with Gasteiger partial charge in [-0.2, -0.15) is 0 Å². The van der Waals surface area contributed by atoms with E-state index in [4.69, 9.17) is 16.1 Å². The zero-order valence-electron chi connectivity index (χ0n) is 12.0. The van der Waals surface area contributed by atoms with Crippen molar-refractivity contribution >= 4 is 17.5 Å². The minimum atomic E-state index is -0.786. The lowest BCUT2D eigenvalue weighted by molar-refractivity contribution is 0.0442. The second-order valence-electron chi connectivity index (χ2n) is 5.70. The van der Waals surface area contributed by atoms with Gasteiger partial charge < -0.3 is 14.9 Å². The minimum Gasteiger partial charge on any atom is -0.388 e. The lowest BCUT2D eigenvalue weighted by atomic mass is 10.0. The van der Waals surface area contributed by atoms with Gasteiger partial charge in [0.15, 0.2) is 0 Å². The van der Waals surface area contributed by atoms with E-state index < -0.39 is 5.60 Å². The predicted molar refractivity (Wildman–Crippen MR) is 82.7 cm³/mol. The molecule has 1 saturated carbocycles. The van der Waals surface area contributed by atoms with Crippen molar-refractivity contribution in [1.29, 1.82) is 0 Å². The molecule has 0 saturated heterocycles. The Morgan fingerprint density at radius 3 is 2.86 bits per heavy atom. The van der Waals surface area contributed by atoms with Crippen molar-refractivity contribution in [2.45, 2.75) is 31.3 Å². The lowest BCUT2D eigenvalue weighted by Gasteiger charge is -2.21. The summed E-state index contributed by atoms with van der Waals surface area (Å²) in [5.41, 5.74) is 0.544. The Morgan fingerprint density at radius 1 is 1.36 bits per heavy atom. The highest BCUT2D eigenvalue weighted by Gasteiger charge is 2.31. The summed E-state index contributed by atoms with van der Waals surface area (Å²) in [6.45, 7) is 0.235. The summed E-state index contributed by atoms with van der Waals surface area (Å²) in [6.07, 6.45) is 3.43. The van der Waals surface area contributed by atoms with Crippen molar-refractivity contribution in [3.8, 4) is 11.3 Å². The Balaban J connectivity index is 1.67. The van der Waals surface area contributed by atoms with Gasteiger partial charge in [0.1, 0.15) is 5.69 Å². The molecule has 0 bridgehead atoms. The van der Waals surface area contributed by atoms with Gasteiger partial charge >= 0.3 is 0 Å². The summed E-state index contributed by atoms with van der Waals surface area (Å²) >= 11 is 5.94. The van der Waals surface area contributed by atoms with E-state index >= 15 is 0 Å². The van der Waals surface area contributed by atoms with Crippen LogP contribution in [0.1, 0.15) is 36.2 Å². The summed E-state index contributed by atoms with van der Waals surface area (Å²) in [6, 6.07) is 8.73. The molecule has 1 aromatic heterocycles. The average molecular weight is 321 g/mol. The fourth-order valence-electron chi connectivity index (χ4n) is 2.71. The summed E-state index contributed by atoms with van der Waals surface area (Å²) in [5, 5.41) is 17.4. The number of amides is 1. The van der Waals surface area contributed by atoms with Crippen LogP contribution in [0.5, 0.6) is 0 Å². The molecular weight excluding hydrogens is 304 g/mol. The number of carbonyl (C=O) groups is 1. The third-order valence-electron chi connectivity index (χ3n) is 3.97. The number of hydrogen-bond acceptors (Lipinski definition) is 4. The highest BCUT2D eigenvalue weighted by molar-refractivity contribution is 6.30. The standard InChI is InChI=1S/C16H17ClN2O3/c17-12-5-3-4-11(8-12)13-9-14(22-19-13)15(20)18-10-16(21)6-1-2-7-16/h3-5,8-9,21H,1-2,6-7,10H2,(H,18,20). The summed E-state index contributed by atoms with van der Waals surface area (Å²) < 4.78 is 5.08. The Labute approximate surface area is 133 Å². The number of nitrogens with zero attached hydrogens (tertiary/aromatic N) is 1. The van der Waals surface area contributed by atoms with Crippen LogP contribution in [-0.2, 0) is 0 Å². The average Bonchev–Trinajstić information content (AvgIpc) is 3.15. The maximum atomic E-state index is 12.1. The molecule has 1 amide bonds. The molecule has 116 valence electrons. The quantitative estimate of drug-likeness (QED) is 0.908. The summed E-state index contributed by atoms with van der Waals surface area (Å²) in [7, 11) is 0. The monoisotopic (exact) mass is 320 g/mol. The van der Waals surface area contributed by atoms with Gasteiger partial charge in [-0.3, -0.25) is 4.79 Å². The summed E-state index contributed by atoms with van der Waals surface area (Å²) in [4.78, 5) is 12.1. The van der Waals surface area contributed by atoms with Crippen molar-refractivity contribution < 1.29 is 14.4 Å². The lowest BCUT2D eigenvalue weighted by Crippen LogP contribution is -2.40. The molecule has 1 fully saturated rings. The molecule has 0 unspecified atom stereocenters. The van der Waals surface area contributed by atoms with E-state index in [1.807, 2.05) is 12.1 Å². The number of hydrogen-bond donors (Lipinski definition) is 2. The van der Waals surface area contributed by atoms with Crippen molar-refractivity contribution in [3.63, 3.8) is 0 Å². The molecule has 5 nitrogen and oxygen atoms in total. The number of halogens is 1. The molecule has 0 atom stereocenters. The van der Waals surface area contributed by atoms with E-state index in [0.29, 0.717) is 10.7 Å². The van der Waals surface area contributed by atoms with Gasteiger partial charge in [-0.15, -0.1) is 0 Å². The second kappa shape index (κ2) is 6.10. The van der Waals surface area contributed by atoms with E-state index in [2.05, 4.69) is 10.5 Å². The maximum absolute atomic E-state index is 12.1. The smallest absolute Gasteiger partial charge is 0.290 e. The van der Waals surface area contributed by atoms with E-state index in [1.165, 1.54) is 0 Å². The van der Waals surface area contributed by atoms with Gasteiger partial charge in [0.2, 0.25) is 5.76 Å². The number of benzene rings is 1. The Morgan fingerprint density at radius 2 is 2.14 bits per heavy atom. The third-order valence-corrected chi connectivity index (χ3v) is 4.20. The van der Waals surface area contributed by atoms with Crippen LogP contribution in [0.2, 0.25) is 5.02 Å². The van der Waals surface area contributed by atoms with Crippen LogP contribution in [0.4, 0.5) is 0 Å². The van der Waals surface area contributed by atoms with Crippen LogP contribution in [-0.4, -0.2) is 28.3 Å². The maximum Gasteiger partial charge on any atom is 0.290 e. The van der Waals surface area contributed by atoms with Gasteiger partial charge in [0, 0.05) is 23.2 Å². The molecule has 1 aromatic carbocycles. The SMILES string of the molecule is O=C(NCC1(O)CCCC1)c1cc(-c2cccc(Cl)c2)no1. The molecule has 1 heterocycles. The number of aliphatic hydroxyl groups is 1. The van der Waals surface area contributed by atoms with Crippen LogP contribution in [0.15, 0.2) is 34.9 Å². The topological polar surface area (TPSA) is 75.4 Å². The van der Waals surface area contributed by atoms with Crippen LogP contribution in [0.3, 0.4) is 0 Å². The van der Waals surface area contributed by atoms with E-state index in [1.54, 1.807) is 18.2 Å². The Hall–Kier alpha value is -1.85. The number of carbonyl (C=O) groups excluding carboxylic acids is 1.